The van der Waals surface area contributed by atoms with Gasteiger partial charge in [-0.1, -0.05) is 6.07 Å². The molecule has 0 radical (unpaired) electrons. The summed E-state index contributed by atoms with van der Waals surface area (Å²) in [6.45, 7) is 0. The molecule has 0 spiro atoms. The van der Waals surface area contributed by atoms with Crippen molar-refractivity contribution in [2.45, 2.75) is 19.3 Å². The Kier molecular flexibility index (Phi) is 3.06. The van der Waals surface area contributed by atoms with E-state index in [0.29, 0.717) is 11.4 Å². The largest absolute Gasteiger partial charge is 0.478 e. The number of nitrogens with one attached hydrogen (secondary N) is 1. The van der Waals surface area contributed by atoms with Crippen molar-refractivity contribution in [3.8, 4) is 0 Å². The molecule has 0 unspecified atom stereocenters. The maximum Gasteiger partial charge on any atom is 0.335 e. The van der Waals surface area contributed by atoms with Gasteiger partial charge in [-0.25, -0.2) is 4.79 Å². The third kappa shape index (κ3) is 2.32. The van der Waals surface area contributed by atoms with Crippen LogP contribution in [0.5, 0.6) is 0 Å². The Labute approximate surface area is 117 Å². The monoisotopic (exact) mass is 268 g/mol. The number of nitrogens with two attached hydrogens (primary N) is 1. The molecular formula is C16H16N2O2. The van der Waals surface area contributed by atoms with Crippen molar-refractivity contribution in [3.63, 3.8) is 0 Å². The average molecular weight is 268 g/mol. The van der Waals surface area contributed by atoms with Gasteiger partial charge in [0.15, 0.2) is 0 Å². The van der Waals surface area contributed by atoms with Crippen LogP contribution in [0, 0.1) is 0 Å². The van der Waals surface area contributed by atoms with Crippen LogP contribution >= 0.6 is 0 Å². The smallest absolute Gasteiger partial charge is 0.335 e. The van der Waals surface area contributed by atoms with Crippen LogP contribution in [0.25, 0.3) is 0 Å². The molecule has 0 atom stereocenters. The van der Waals surface area contributed by atoms with Crippen molar-refractivity contribution in [2.24, 2.45) is 0 Å². The number of rotatable bonds is 3. The Morgan fingerprint density at radius 2 is 1.90 bits per heavy atom. The fourth-order valence-electron chi connectivity index (χ4n) is 2.60. The molecule has 0 aromatic heterocycles. The number of aryl methyl sites for hydroxylation is 2. The third-order valence-corrected chi connectivity index (χ3v) is 3.68. The summed E-state index contributed by atoms with van der Waals surface area (Å²) < 4.78 is 0. The number of aromatic carboxylic acids is 1. The molecule has 0 bridgehead atoms. The predicted molar refractivity (Wildman–Crippen MR) is 79.6 cm³/mol. The van der Waals surface area contributed by atoms with E-state index >= 15 is 0 Å². The Balaban J connectivity index is 1.91. The fraction of sp³-hybridized carbons (Fsp3) is 0.188. The second-order valence-electron chi connectivity index (χ2n) is 5.07. The SMILES string of the molecule is Nc1ccc(C(=O)O)cc1Nc1ccc2c(c1)CCC2. The minimum absolute atomic E-state index is 0.225. The molecule has 0 saturated carbocycles. The van der Waals surface area contributed by atoms with Crippen LogP contribution in [0.1, 0.15) is 27.9 Å². The van der Waals surface area contributed by atoms with Gasteiger partial charge in [-0.3, -0.25) is 0 Å². The molecule has 4 nitrogen and oxygen atoms in total. The first kappa shape index (κ1) is 12.5. The molecule has 0 heterocycles. The van der Waals surface area contributed by atoms with E-state index in [1.165, 1.54) is 23.6 Å². The maximum absolute atomic E-state index is 11.0. The Morgan fingerprint density at radius 1 is 1.10 bits per heavy atom. The summed E-state index contributed by atoms with van der Waals surface area (Å²) in [5.74, 6) is -0.956. The molecule has 102 valence electrons. The van der Waals surface area contributed by atoms with Crippen LogP contribution in [-0.2, 0) is 12.8 Å². The number of anilines is 3. The number of carboxylic acids is 1. The molecule has 0 fully saturated rings. The first-order chi connectivity index (χ1) is 9.63. The highest BCUT2D eigenvalue weighted by Crippen LogP contribution is 2.29. The minimum Gasteiger partial charge on any atom is -0.478 e. The zero-order valence-corrected chi connectivity index (χ0v) is 11.0. The lowest BCUT2D eigenvalue weighted by atomic mass is 10.1. The third-order valence-electron chi connectivity index (χ3n) is 3.68. The summed E-state index contributed by atoms with van der Waals surface area (Å²) in [7, 11) is 0. The molecule has 1 aliphatic carbocycles. The number of carboxylic acid groups (broad SMARTS) is 1. The number of fused-ring (bicyclic) bond motifs is 1. The van der Waals surface area contributed by atoms with Gasteiger partial charge < -0.3 is 16.2 Å². The Bertz CT molecular complexity index is 680. The second-order valence-corrected chi connectivity index (χ2v) is 5.07. The molecule has 20 heavy (non-hydrogen) atoms. The van der Waals surface area contributed by atoms with Gasteiger partial charge in [-0.2, -0.15) is 0 Å². The molecule has 0 aliphatic heterocycles. The molecule has 2 aromatic carbocycles. The van der Waals surface area contributed by atoms with E-state index in [2.05, 4.69) is 17.4 Å². The van der Waals surface area contributed by atoms with E-state index in [4.69, 9.17) is 10.8 Å². The summed E-state index contributed by atoms with van der Waals surface area (Å²) in [6, 6.07) is 10.9. The van der Waals surface area contributed by atoms with Crippen LogP contribution in [0.2, 0.25) is 0 Å². The molecule has 4 N–H and O–H groups in total. The average Bonchev–Trinajstić information content (AvgIpc) is 2.88. The molecule has 0 saturated heterocycles. The van der Waals surface area contributed by atoms with Crippen molar-refractivity contribution in [2.75, 3.05) is 11.1 Å². The summed E-state index contributed by atoms with van der Waals surface area (Å²) >= 11 is 0. The van der Waals surface area contributed by atoms with Crippen LogP contribution in [0.4, 0.5) is 17.1 Å². The van der Waals surface area contributed by atoms with Gasteiger partial charge in [-0.15, -0.1) is 0 Å². The number of carbonyl (C=O) groups is 1. The number of hydrogen-bond acceptors (Lipinski definition) is 3. The zero-order chi connectivity index (χ0) is 14.1. The van der Waals surface area contributed by atoms with Crippen molar-refractivity contribution >= 4 is 23.0 Å². The van der Waals surface area contributed by atoms with Crippen LogP contribution < -0.4 is 11.1 Å². The first-order valence-electron chi connectivity index (χ1n) is 6.65. The molecule has 2 aromatic rings. The van der Waals surface area contributed by atoms with Gasteiger partial charge in [-0.05, 0) is 60.7 Å². The van der Waals surface area contributed by atoms with Crippen LogP contribution in [0.15, 0.2) is 36.4 Å². The van der Waals surface area contributed by atoms with E-state index in [1.807, 2.05) is 6.07 Å². The van der Waals surface area contributed by atoms with Gasteiger partial charge in [0.2, 0.25) is 0 Å². The Hall–Kier alpha value is -2.49. The highest BCUT2D eigenvalue weighted by atomic mass is 16.4. The Morgan fingerprint density at radius 3 is 2.70 bits per heavy atom. The maximum atomic E-state index is 11.0. The van der Waals surface area contributed by atoms with E-state index < -0.39 is 5.97 Å². The van der Waals surface area contributed by atoms with Crippen LogP contribution in [0.3, 0.4) is 0 Å². The minimum atomic E-state index is -0.956. The van der Waals surface area contributed by atoms with Crippen molar-refractivity contribution in [1.29, 1.82) is 0 Å². The van der Waals surface area contributed by atoms with Gasteiger partial charge in [0.25, 0.3) is 0 Å². The number of hydrogen-bond donors (Lipinski definition) is 3. The fourth-order valence-corrected chi connectivity index (χ4v) is 2.60. The van der Waals surface area contributed by atoms with Crippen LogP contribution in [-0.4, -0.2) is 11.1 Å². The zero-order valence-electron chi connectivity index (χ0n) is 11.0. The summed E-state index contributed by atoms with van der Waals surface area (Å²) in [6.07, 6.45) is 3.46. The summed E-state index contributed by atoms with van der Waals surface area (Å²) in [5, 5.41) is 12.2. The summed E-state index contributed by atoms with van der Waals surface area (Å²) in [5.41, 5.74) is 11.0. The van der Waals surface area contributed by atoms with Crippen molar-refractivity contribution in [3.05, 3.63) is 53.1 Å². The van der Waals surface area contributed by atoms with Crippen molar-refractivity contribution in [1.82, 2.24) is 0 Å². The normalized spacial score (nSPS) is 13.0. The lowest BCUT2D eigenvalue weighted by molar-refractivity contribution is 0.0697. The highest BCUT2D eigenvalue weighted by Gasteiger charge is 2.12. The first-order valence-corrected chi connectivity index (χ1v) is 6.65. The van der Waals surface area contributed by atoms with E-state index in [9.17, 15) is 4.79 Å². The van der Waals surface area contributed by atoms with Gasteiger partial charge >= 0.3 is 5.97 Å². The molecule has 1 aliphatic rings. The highest BCUT2D eigenvalue weighted by molar-refractivity contribution is 5.91. The lowest BCUT2D eigenvalue weighted by Gasteiger charge is -2.11. The van der Waals surface area contributed by atoms with Crippen molar-refractivity contribution < 1.29 is 9.90 Å². The van der Waals surface area contributed by atoms with Gasteiger partial charge in [0.05, 0.1) is 16.9 Å². The molecular weight excluding hydrogens is 252 g/mol. The number of nitrogen functional groups attached to an aromatic ring is 1. The standard InChI is InChI=1S/C16H16N2O2/c17-14-7-5-12(16(19)20)9-15(14)18-13-6-4-10-2-1-3-11(10)8-13/h4-9,18H,1-3,17H2,(H,19,20). The van der Waals surface area contributed by atoms with Gasteiger partial charge in [0, 0.05) is 5.69 Å². The lowest BCUT2D eigenvalue weighted by Crippen LogP contribution is -2.01. The van der Waals surface area contributed by atoms with E-state index in [1.54, 1.807) is 12.1 Å². The van der Waals surface area contributed by atoms with E-state index in [0.717, 1.165) is 18.5 Å². The topological polar surface area (TPSA) is 75.4 Å². The quantitative estimate of drug-likeness (QED) is 0.747. The van der Waals surface area contributed by atoms with Gasteiger partial charge in [0.1, 0.15) is 0 Å². The molecule has 4 heteroatoms. The molecule has 3 rings (SSSR count). The predicted octanol–water partition coefficient (Wildman–Crippen LogP) is 3.20. The number of benzene rings is 2. The summed E-state index contributed by atoms with van der Waals surface area (Å²) in [4.78, 5) is 11.0. The second kappa shape index (κ2) is 4.89. The molecule has 0 amide bonds. The van der Waals surface area contributed by atoms with E-state index in [-0.39, 0.29) is 5.56 Å².